The van der Waals surface area contributed by atoms with Crippen LogP contribution in [0.25, 0.3) is 0 Å². The van der Waals surface area contributed by atoms with E-state index in [-0.39, 0.29) is 5.60 Å². The van der Waals surface area contributed by atoms with Crippen LogP contribution < -0.4 is 5.32 Å². The molecule has 0 aromatic heterocycles. The first-order chi connectivity index (χ1) is 8.75. The van der Waals surface area contributed by atoms with Gasteiger partial charge in [0.2, 0.25) is 0 Å². The smallest absolute Gasteiger partial charge is 0.0771 e. The Morgan fingerprint density at radius 2 is 1.67 bits per heavy atom. The molecule has 0 bridgehead atoms. The fourth-order valence-electron chi connectivity index (χ4n) is 4.13. The minimum absolute atomic E-state index is 0.384. The van der Waals surface area contributed by atoms with Crippen molar-refractivity contribution >= 4 is 0 Å². The first-order valence-electron chi connectivity index (χ1n) is 8.21. The molecule has 0 aromatic rings. The Hall–Kier alpha value is -0.0800. The molecule has 0 heterocycles. The maximum atomic E-state index is 10.5. The van der Waals surface area contributed by atoms with Gasteiger partial charge in [-0.15, -0.1) is 0 Å². The van der Waals surface area contributed by atoms with Crippen LogP contribution in [0, 0.1) is 11.8 Å². The van der Waals surface area contributed by atoms with E-state index < -0.39 is 0 Å². The predicted molar refractivity (Wildman–Crippen MR) is 74.5 cm³/mol. The summed E-state index contributed by atoms with van der Waals surface area (Å²) >= 11 is 0. The Morgan fingerprint density at radius 3 is 2.39 bits per heavy atom. The van der Waals surface area contributed by atoms with Gasteiger partial charge in [0.1, 0.15) is 0 Å². The molecule has 0 radical (unpaired) electrons. The van der Waals surface area contributed by atoms with Gasteiger partial charge in [0.05, 0.1) is 5.60 Å². The van der Waals surface area contributed by atoms with Gasteiger partial charge in [-0.1, -0.05) is 32.1 Å². The van der Waals surface area contributed by atoms with Crippen molar-refractivity contribution in [3.05, 3.63) is 0 Å². The van der Waals surface area contributed by atoms with Crippen molar-refractivity contribution in [2.24, 2.45) is 11.8 Å². The lowest BCUT2D eigenvalue weighted by Gasteiger charge is -2.36. The molecule has 3 aliphatic carbocycles. The van der Waals surface area contributed by atoms with Gasteiger partial charge in [0, 0.05) is 12.6 Å². The number of nitrogens with one attached hydrogen (secondary N) is 1. The second-order valence-corrected chi connectivity index (χ2v) is 7.13. The molecule has 104 valence electrons. The molecule has 2 unspecified atom stereocenters. The second kappa shape index (κ2) is 5.50. The molecular formula is C16H29NO. The molecule has 0 aliphatic heterocycles. The zero-order valence-electron chi connectivity index (χ0n) is 11.7. The van der Waals surface area contributed by atoms with Gasteiger partial charge < -0.3 is 10.4 Å². The molecule has 3 saturated carbocycles. The molecule has 2 heteroatoms. The van der Waals surface area contributed by atoms with Crippen molar-refractivity contribution in [3.63, 3.8) is 0 Å². The lowest BCUT2D eigenvalue weighted by atomic mass is 9.81. The second-order valence-electron chi connectivity index (χ2n) is 7.13. The maximum absolute atomic E-state index is 10.5. The van der Waals surface area contributed by atoms with E-state index in [9.17, 15) is 5.11 Å². The molecule has 0 aromatic carbocycles. The zero-order valence-corrected chi connectivity index (χ0v) is 11.7. The van der Waals surface area contributed by atoms with Gasteiger partial charge in [-0.3, -0.25) is 0 Å². The Bertz CT molecular complexity index is 268. The SMILES string of the molecule is OC1(CNC2CCCC(C3CC3)C2)CCCCC1. The molecule has 0 amide bonds. The monoisotopic (exact) mass is 251 g/mol. The summed E-state index contributed by atoms with van der Waals surface area (Å²) in [5, 5.41) is 14.2. The van der Waals surface area contributed by atoms with E-state index in [2.05, 4.69) is 5.32 Å². The third-order valence-corrected chi connectivity index (χ3v) is 5.51. The molecule has 18 heavy (non-hydrogen) atoms. The van der Waals surface area contributed by atoms with Crippen molar-refractivity contribution in [2.75, 3.05) is 6.54 Å². The van der Waals surface area contributed by atoms with Crippen LogP contribution in [0.1, 0.15) is 70.6 Å². The van der Waals surface area contributed by atoms with Crippen molar-refractivity contribution in [3.8, 4) is 0 Å². The summed E-state index contributed by atoms with van der Waals surface area (Å²) in [6.07, 6.45) is 14.3. The Kier molecular flexibility index (Phi) is 3.95. The normalized spacial score (nSPS) is 36.5. The average molecular weight is 251 g/mol. The molecular weight excluding hydrogens is 222 g/mol. The van der Waals surface area contributed by atoms with E-state index in [0.29, 0.717) is 6.04 Å². The summed E-state index contributed by atoms with van der Waals surface area (Å²) in [6.45, 7) is 0.842. The molecule has 3 fully saturated rings. The number of aliphatic hydroxyl groups is 1. The quantitative estimate of drug-likeness (QED) is 0.804. The van der Waals surface area contributed by atoms with Gasteiger partial charge >= 0.3 is 0 Å². The van der Waals surface area contributed by atoms with Crippen LogP contribution in [0.2, 0.25) is 0 Å². The summed E-state index contributed by atoms with van der Waals surface area (Å²) in [6, 6.07) is 0.690. The summed E-state index contributed by atoms with van der Waals surface area (Å²) in [5.74, 6) is 2.06. The fraction of sp³-hybridized carbons (Fsp3) is 1.00. The van der Waals surface area contributed by atoms with E-state index in [1.165, 1.54) is 57.8 Å². The summed E-state index contributed by atoms with van der Waals surface area (Å²) < 4.78 is 0. The number of hydrogen-bond donors (Lipinski definition) is 2. The standard InChI is InChI=1S/C16H29NO/c18-16(9-2-1-3-10-16)12-17-15-6-4-5-14(11-15)13-7-8-13/h13-15,17-18H,1-12H2. The summed E-state index contributed by atoms with van der Waals surface area (Å²) in [7, 11) is 0. The highest BCUT2D eigenvalue weighted by Crippen LogP contribution is 2.44. The highest BCUT2D eigenvalue weighted by Gasteiger charge is 2.35. The van der Waals surface area contributed by atoms with Gasteiger partial charge in [-0.25, -0.2) is 0 Å². The lowest BCUT2D eigenvalue weighted by molar-refractivity contribution is 0.000846. The van der Waals surface area contributed by atoms with E-state index >= 15 is 0 Å². The lowest BCUT2D eigenvalue weighted by Crippen LogP contribution is -2.47. The van der Waals surface area contributed by atoms with E-state index in [4.69, 9.17) is 0 Å². The van der Waals surface area contributed by atoms with Crippen molar-refractivity contribution < 1.29 is 5.11 Å². The van der Waals surface area contributed by atoms with E-state index in [0.717, 1.165) is 31.2 Å². The molecule has 3 aliphatic rings. The molecule has 0 spiro atoms. The molecule has 0 saturated heterocycles. The first-order valence-corrected chi connectivity index (χ1v) is 8.21. The zero-order chi connectivity index (χ0) is 12.4. The molecule has 3 rings (SSSR count). The minimum Gasteiger partial charge on any atom is -0.389 e. The van der Waals surface area contributed by atoms with Gasteiger partial charge in [0.25, 0.3) is 0 Å². The van der Waals surface area contributed by atoms with E-state index in [1.807, 2.05) is 0 Å². The van der Waals surface area contributed by atoms with Gasteiger partial charge in [-0.05, 0) is 50.4 Å². The first kappa shape index (κ1) is 12.9. The Labute approximate surface area is 112 Å². The van der Waals surface area contributed by atoms with E-state index in [1.54, 1.807) is 0 Å². The maximum Gasteiger partial charge on any atom is 0.0771 e. The topological polar surface area (TPSA) is 32.3 Å². The van der Waals surface area contributed by atoms with Crippen molar-refractivity contribution in [1.29, 1.82) is 0 Å². The van der Waals surface area contributed by atoms with Crippen LogP contribution in [0.4, 0.5) is 0 Å². The minimum atomic E-state index is -0.384. The van der Waals surface area contributed by atoms with Crippen molar-refractivity contribution in [1.82, 2.24) is 5.32 Å². The Morgan fingerprint density at radius 1 is 0.889 bits per heavy atom. The highest BCUT2D eigenvalue weighted by molar-refractivity contribution is 4.90. The Balaban J connectivity index is 1.44. The molecule has 2 N–H and O–H groups in total. The molecule has 2 atom stereocenters. The average Bonchev–Trinajstić information content (AvgIpc) is 3.22. The fourth-order valence-corrected chi connectivity index (χ4v) is 4.13. The van der Waals surface area contributed by atoms with Crippen LogP contribution in [-0.2, 0) is 0 Å². The third-order valence-electron chi connectivity index (χ3n) is 5.51. The highest BCUT2D eigenvalue weighted by atomic mass is 16.3. The van der Waals surface area contributed by atoms with Crippen molar-refractivity contribution in [2.45, 2.75) is 82.3 Å². The van der Waals surface area contributed by atoms with Gasteiger partial charge in [0.15, 0.2) is 0 Å². The summed E-state index contributed by atoms with van der Waals surface area (Å²) in [4.78, 5) is 0. The number of rotatable bonds is 4. The van der Waals surface area contributed by atoms with Crippen LogP contribution in [0.3, 0.4) is 0 Å². The predicted octanol–water partition coefficient (Wildman–Crippen LogP) is 3.24. The van der Waals surface area contributed by atoms with Gasteiger partial charge in [-0.2, -0.15) is 0 Å². The largest absolute Gasteiger partial charge is 0.389 e. The van der Waals surface area contributed by atoms with Crippen LogP contribution in [0.15, 0.2) is 0 Å². The summed E-state index contributed by atoms with van der Waals surface area (Å²) in [5.41, 5.74) is -0.384. The number of hydrogen-bond acceptors (Lipinski definition) is 2. The van der Waals surface area contributed by atoms with Crippen LogP contribution in [-0.4, -0.2) is 23.3 Å². The molecule has 2 nitrogen and oxygen atoms in total. The van der Waals surface area contributed by atoms with Crippen LogP contribution in [0.5, 0.6) is 0 Å². The third kappa shape index (κ3) is 3.27. The van der Waals surface area contributed by atoms with Crippen LogP contribution >= 0.6 is 0 Å².